The Morgan fingerprint density at radius 3 is 2.73 bits per heavy atom. The van der Waals surface area contributed by atoms with Gasteiger partial charge < -0.3 is 16.0 Å². The van der Waals surface area contributed by atoms with Crippen LogP contribution in [-0.4, -0.2) is 16.8 Å². The second-order valence-corrected chi connectivity index (χ2v) is 6.69. The summed E-state index contributed by atoms with van der Waals surface area (Å²) in [6, 6.07) is 6.89. The zero-order valence-electron chi connectivity index (χ0n) is 14.3. The average molecular weight is 369 g/mol. The number of thiophene rings is 1. The summed E-state index contributed by atoms with van der Waals surface area (Å²) in [5, 5.41) is 7.92. The molecule has 0 spiro atoms. The zero-order valence-corrected chi connectivity index (χ0v) is 15.1. The lowest BCUT2D eigenvalue weighted by Gasteiger charge is -2.10. The van der Waals surface area contributed by atoms with Gasteiger partial charge in [0.25, 0.3) is 5.91 Å². The topological polar surface area (TPSA) is 112 Å². The number of nitrogens with two attached hydrogens (primary N) is 2. The Bertz CT molecular complexity index is 945. The van der Waals surface area contributed by atoms with Gasteiger partial charge in [0.1, 0.15) is 5.69 Å². The predicted octanol–water partition coefficient (Wildman–Crippen LogP) is 4.12. The molecule has 2 aromatic heterocycles. The number of Topliss-reactive ketones (excluding diaryl/α,β-unsaturated/α-hetero) is 1. The van der Waals surface area contributed by atoms with Crippen molar-refractivity contribution in [2.45, 2.75) is 26.2 Å². The third-order valence-electron chi connectivity index (χ3n) is 4.11. The Morgan fingerprint density at radius 2 is 2.08 bits per heavy atom. The first-order valence-corrected chi connectivity index (χ1v) is 9.23. The number of rotatable bonds is 7. The van der Waals surface area contributed by atoms with Gasteiger partial charge in [0.15, 0.2) is 0 Å². The molecule has 4 N–H and O–H groups in total. The number of aromatic nitrogens is 1. The van der Waals surface area contributed by atoms with Crippen molar-refractivity contribution in [1.29, 1.82) is 0 Å². The maximum atomic E-state index is 12.7. The van der Waals surface area contributed by atoms with E-state index in [9.17, 15) is 9.59 Å². The maximum Gasteiger partial charge on any atom is 0.251 e. The van der Waals surface area contributed by atoms with Crippen LogP contribution in [0.5, 0.6) is 0 Å². The molecule has 0 radical (unpaired) electrons. The highest BCUT2D eigenvalue weighted by atomic mass is 32.1. The van der Waals surface area contributed by atoms with Crippen molar-refractivity contribution in [1.82, 2.24) is 5.16 Å². The standard InChI is InChI=1S/C19H19N3O3S/c1-2-3-7-14(23)18-16(17(22-25-18)11-8-9-26-10-11)12-5-4-6-13(20)15(12)19(21)24/h4-6,8-10H,2-3,7,20H2,1H3,(H2,21,24). The molecule has 0 aliphatic rings. The Labute approximate surface area is 154 Å². The minimum Gasteiger partial charge on any atom is -0.398 e. The molecule has 1 amide bonds. The number of carbonyl (C=O) groups excluding carboxylic acids is 2. The lowest BCUT2D eigenvalue weighted by molar-refractivity contribution is 0.0943. The van der Waals surface area contributed by atoms with E-state index < -0.39 is 5.91 Å². The van der Waals surface area contributed by atoms with E-state index in [1.165, 1.54) is 11.3 Å². The van der Waals surface area contributed by atoms with Crippen molar-refractivity contribution in [2.75, 3.05) is 5.73 Å². The predicted molar refractivity (Wildman–Crippen MR) is 102 cm³/mol. The van der Waals surface area contributed by atoms with Crippen LogP contribution < -0.4 is 11.5 Å². The van der Waals surface area contributed by atoms with Crippen LogP contribution in [-0.2, 0) is 0 Å². The van der Waals surface area contributed by atoms with Gasteiger partial charge in [0.2, 0.25) is 11.5 Å². The van der Waals surface area contributed by atoms with Gasteiger partial charge in [-0.1, -0.05) is 30.6 Å². The molecule has 7 heteroatoms. The van der Waals surface area contributed by atoms with Crippen molar-refractivity contribution in [3.63, 3.8) is 0 Å². The first-order chi connectivity index (χ1) is 12.5. The van der Waals surface area contributed by atoms with Gasteiger partial charge in [0.05, 0.1) is 11.1 Å². The van der Waals surface area contributed by atoms with E-state index in [-0.39, 0.29) is 22.8 Å². The number of carbonyl (C=O) groups is 2. The molecular formula is C19H19N3O3S. The molecule has 0 saturated heterocycles. The van der Waals surface area contributed by atoms with Crippen molar-refractivity contribution >= 4 is 28.7 Å². The molecule has 0 fully saturated rings. The summed E-state index contributed by atoms with van der Waals surface area (Å²) in [6.07, 6.45) is 1.97. The number of nitrogen functional groups attached to an aromatic ring is 1. The summed E-state index contributed by atoms with van der Waals surface area (Å²) in [7, 11) is 0. The maximum absolute atomic E-state index is 12.7. The molecule has 0 aliphatic heterocycles. The second-order valence-electron chi connectivity index (χ2n) is 5.91. The van der Waals surface area contributed by atoms with Crippen LogP contribution in [0.25, 0.3) is 22.4 Å². The summed E-state index contributed by atoms with van der Waals surface area (Å²) < 4.78 is 5.42. The third kappa shape index (κ3) is 3.25. The van der Waals surface area contributed by atoms with E-state index in [1.807, 2.05) is 23.8 Å². The van der Waals surface area contributed by atoms with Gasteiger partial charge in [-0.15, -0.1) is 0 Å². The van der Waals surface area contributed by atoms with Crippen LogP contribution >= 0.6 is 11.3 Å². The Balaban J connectivity index is 2.25. The quantitative estimate of drug-likeness (QED) is 0.480. The van der Waals surface area contributed by atoms with Crippen LogP contribution in [0.3, 0.4) is 0 Å². The summed E-state index contributed by atoms with van der Waals surface area (Å²) in [5.41, 5.74) is 14.2. The average Bonchev–Trinajstić information content (AvgIpc) is 3.27. The van der Waals surface area contributed by atoms with Crippen LogP contribution in [0.4, 0.5) is 5.69 Å². The third-order valence-corrected chi connectivity index (χ3v) is 4.79. The number of primary amides is 1. The fourth-order valence-corrected chi connectivity index (χ4v) is 3.47. The highest BCUT2D eigenvalue weighted by molar-refractivity contribution is 7.08. The van der Waals surface area contributed by atoms with Crippen molar-refractivity contribution in [3.05, 3.63) is 46.3 Å². The Morgan fingerprint density at radius 1 is 1.27 bits per heavy atom. The minimum atomic E-state index is -0.664. The molecule has 2 heterocycles. The molecule has 3 aromatic rings. The summed E-state index contributed by atoms with van der Waals surface area (Å²) in [5.74, 6) is -0.691. The Hall–Kier alpha value is -2.93. The first kappa shape index (κ1) is 17.9. The zero-order chi connectivity index (χ0) is 18.7. The van der Waals surface area contributed by atoms with E-state index in [1.54, 1.807) is 18.2 Å². The van der Waals surface area contributed by atoms with Gasteiger partial charge >= 0.3 is 0 Å². The SMILES string of the molecule is CCCCC(=O)c1onc(-c2ccsc2)c1-c1cccc(N)c1C(N)=O. The smallest absolute Gasteiger partial charge is 0.251 e. The number of amides is 1. The molecule has 0 saturated carbocycles. The minimum absolute atomic E-state index is 0.132. The molecule has 3 rings (SSSR count). The fraction of sp³-hybridized carbons (Fsp3) is 0.211. The van der Waals surface area contributed by atoms with E-state index in [0.29, 0.717) is 23.2 Å². The largest absolute Gasteiger partial charge is 0.398 e. The highest BCUT2D eigenvalue weighted by Gasteiger charge is 2.27. The molecule has 1 aromatic carbocycles. The number of anilines is 1. The molecule has 6 nitrogen and oxygen atoms in total. The van der Waals surface area contributed by atoms with Gasteiger partial charge in [-0.05, 0) is 23.9 Å². The van der Waals surface area contributed by atoms with E-state index in [0.717, 1.165) is 18.4 Å². The van der Waals surface area contributed by atoms with Crippen LogP contribution in [0.15, 0.2) is 39.5 Å². The van der Waals surface area contributed by atoms with Gasteiger partial charge in [0, 0.05) is 28.6 Å². The van der Waals surface area contributed by atoms with E-state index in [2.05, 4.69) is 5.16 Å². The lowest BCUT2D eigenvalue weighted by Crippen LogP contribution is -2.15. The van der Waals surface area contributed by atoms with E-state index in [4.69, 9.17) is 16.0 Å². The van der Waals surface area contributed by atoms with Gasteiger partial charge in [-0.2, -0.15) is 11.3 Å². The Kier molecular flexibility index (Phi) is 5.18. The molecule has 26 heavy (non-hydrogen) atoms. The normalized spacial score (nSPS) is 10.8. The monoisotopic (exact) mass is 369 g/mol. The number of hydrogen-bond acceptors (Lipinski definition) is 6. The first-order valence-electron chi connectivity index (χ1n) is 8.28. The summed E-state index contributed by atoms with van der Waals surface area (Å²) in [6.45, 7) is 2.01. The number of benzene rings is 1. The number of nitrogens with zero attached hydrogens (tertiary/aromatic N) is 1. The van der Waals surface area contributed by atoms with Gasteiger partial charge in [-0.3, -0.25) is 9.59 Å². The lowest BCUT2D eigenvalue weighted by atomic mass is 9.93. The molecular weight excluding hydrogens is 350 g/mol. The van der Waals surface area contributed by atoms with Crippen molar-refractivity contribution < 1.29 is 14.1 Å². The number of unbranched alkanes of at least 4 members (excludes halogenated alkanes) is 1. The van der Waals surface area contributed by atoms with E-state index >= 15 is 0 Å². The second kappa shape index (κ2) is 7.53. The summed E-state index contributed by atoms with van der Waals surface area (Å²) in [4.78, 5) is 24.7. The molecule has 0 aliphatic carbocycles. The highest BCUT2D eigenvalue weighted by Crippen LogP contribution is 2.39. The molecule has 134 valence electrons. The molecule has 0 bridgehead atoms. The van der Waals surface area contributed by atoms with Gasteiger partial charge in [-0.25, -0.2) is 0 Å². The number of ketones is 1. The molecule has 0 atom stereocenters. The fourth-order valence-electron chi connectivity index (χ4n) is 2.83. The van der Waals surface area contributed by atoms with Crippen LogP contribution in [0.2, 0.25) is 0 Å². The van der Waals surface area contributed by atoms with Crippen molar-refractivity contribution in [3.8, 4) is 22.4 Å². The summed E-state index contributed by atoms with van der Waals surface area (Å²) >= 11 is 1.50. The number of hydrogen-bond donors (Lipinski definition) is 2. The van der Waals surface area contributed by atoms with Crippen molar-refractivity contribution in [2.24, 2.45) is 5.73 Å². The molecule has 0 unspecified atom stereocenters. The van der Waals surface area contributed by atoms with Crippen LogP contribution in [0.1, 0.15) is 47.1 Å². The van der Waals surface area contributed by atoms with Crippen LogP contribution in [0, 0.1) is 0 Å².